The molecule has 0 radical (unpaired) electrons. The van der Waals surface area contributed by atoms with Gasteiger partial charge in [0.15, 0.2) is 0 Å². The number of carbonyl (C=O) groups excluding carboxylic acids is 1. The zero-order valence-corrected chi connectivity index (χ0v) is 18.7. The fourth-order valence-corrected chi connectivity index (χ4v) is 4.74. The highest BCUT2D eigenvalue weighted by molar-refractivity contribution is 7.91. The van der Waals surface area contributed by atoms with Crippen LogP contribution in [-0.2, 0) is 22.8 Å². The predicted molar refractivity (Wildman–Crippen MR) is 123 cm³/mol. The molecule has 2 aromatic heterocycles. The van der Waals surface area contributed by atoms with Gasteiger partial charge in [-0.1, -0.05) is 37.6 Å². The van der Waals surface area contributed by atoms with Gasteiger partial charge in [-0.3, -0.25) is 4.79 Å². The summed E-state index contributed by atoms with van der Waals surface area (Å²) >= 11 is 0. The lowest BCUT2D eigenvalue weighted by Crippen LogP contribution is -2.23. The summed E-state index contributed by atoms with van der Waals surface area (Å²) in [6, 6.07) is 17.2. The van der Waals surface area contributed by atoms with Crippen molar-refractivity contribution in [1.82, 2.24) is 14.7 Å². The fraction of sp³-hybridized carbons (Fsp3) is 0.200. The van der Waals surface area contributed by atoms with Crippen LogP contribution in [-0.4, -0.2) is 23.7 Å². The van der Waals surface area contributed by atoms with Crippen molar-refractivity contribution in [3.05, 3.63) is 95.9 Å². The van der Waals surface area contributed by atoms with Crippen molar-refractivity contribution in [2.24, 2.45) is 0 Å². The number of aryl methyl sites for hydroxylation is 1. The highest BCUT2D eigenvalue weighted by Gasteiger charge is 2.17. The molecular weight excluding hydrogens is 422 g/mol. The molecule has 7 heteroatoms. The molecule has 6 nitrogen and oxygen atoms in total. The smallest absolute Gasteiger partial charge is 0.253 e. The molecule has 0 saturated heterocycles. The van der Waals surface area contributed by atoms with Crippen LogP contribution < -0.4 is 5.32 Å². The van der Waals surface area contributed by atoms with E-state index < -0.39 is 9.84 Å². The Morgan fingerprint density at radius 1 is 0.938 bits per heavy atom. The number of aromatic nitrogens is 2. The molecule has 0 saturated carbocycles. The Balaban J connectivity index is 1.41. The van der Waals surface area contributed by atoms with Crippen LogP contribution in [0, 0.1) is 0 Å². The third-order valence-corrected chi connectivity index (χ3v) is 7.18. The van der Waals surface area contributed by atoms with Gasteiger partial charge in [-0.25, -0.2) is 13.4 Å². The molecule has 0 atom stereocenters. The van der Waals surface area contributed by atoms with Crippen LogP contribution in [0.3, 0.4) is 0 Å². The lowest BCUT2D eigenvalue weighted by atomic mass is 10.1. The zero-order chi connectivity index (χ0) is 22.6. The maximum absolute atomic E-state index is 12.9. The van der Waals surface area contributed by atoms with Crippen LogP contribution in [0.2, 0.25) is 0 Å². The molecule has 0 aliphatic carbocycles. The van der Waals surface area contributed by atoms with Gasteiger partial charge in [0.1, 0.15) is 5.65 Å². The topological polar surface area (TPSA) is 80.5 Å². The summed E-state index contributed by atoms with van der Waals surface area (Å²) in [5, 5.41) is 2.86. The first kappa shape index (κ1) is 21.8. The van der Waals surface area contributed by atoms with Crippen LogP contribution in [0.5, 0.6) is 0 Å². The standard InChI is InChI=1S/C25H25N3O3S/c1-2-3-4-19-5-10-22(11-6-19)32(30,31)23-12-7-20(8-13-23)17-27-25(29)21-9-14-24-26-15-16-28(24)18-21/h5-16,18H,2-4,17H2,1H3,(H,27,29). The second-order valence-electron chi connectivity index (χ2n) is 7.69. The van der Waals surface area contributed by atoms with E-state index in [4.69, 9.17) is 0 Å². The largest absolute Gasteiger partial charge is 0.348 e. The fourth-order valence-electron chi connectivity index (χ4n) is 3.48. The van der Waals surface area contributed by atoms with Gasteiger partial charge in [0.25, 0.3) is 5.91 Å². The molecule has 0 aliphatic rings. The molecule has 1 amide bonds. The summed E-state index contributed by atoms with van der Waals surface area (Å²) < 4.78 is 27.6. The molecule has 4 aromatic rings. The minimum atomic E-state index is -3.58. The molecule has 0 unspecified atom stereocenters. The first-order valence-electron chi connectivity index (χ1n) is 10.6. The Morgan fingerprint density at radius 3 is 2.25 bits per heavy atom. The number of rotatable bonds is 8. The molecule has 0 aliphatic heterocycles. The summed E-state index contributed by atoms with van der Waals surface area (Å²) in [6.07, 6.45) is 8.32. The number of hydrogen-bond acceptors (Lipinski definition) is 4. The molecule has 164 valence electrons. The van der Waals surface area contributed by atoms with Crippen LogP contribution in [0.4, 0.5) is 0 Å². The monoisotopic (exact) mass is 447 g/mol. The summed E-state index contributed by atoms with van der Waals surface area (Å²) in [5.74, 6) is -0.208. The molecule has 0 spiro atoms. The molecular formula is C25H25N3O3S. The Kier molecular flexibility index (Phi) is 6.37. The van der Waals surface area contributed by atoms with E-state index >= 15 is 0 Å². The number of pyridine rings is 1. The van der Waals surface area contributed by atoms with Crippen LogP contribution >= 0.6 is 0 Å². The Hall–Kier alpha value is -3.45. The third kappa shape index (κ3) is 4.73. The Labute approximate surface area is 187 Å². The highest BCUT2D eigenvalue weighted by atomic mass is 32.2. The highest BCUT2D eigenvalue weighted by Crippen LogP contribution is 2.22. The van der Waals surface area contributed by atoms with E-state index in [0.717, 1.165) is 36.0 Å². The van der Waals surface area contributed by atoms with Crippen molar-refractivity contribution in [2.45, 2.75) is 42.5 Å². The van der Waals surface area contributed by atoms with Gasteiger partial charge >= 0.3 is 0 Å². The van der Waals surface area contributed by atoms with E-state index in [1.807, 2.05) is 12.1 Å². The Bertz CT molecular complexity index is 1330. The normalized spacial score (nSPS) is 11.5. The van der Waals surface area contributed by atoms with E-state index in [-0.39, 0.29) is 15.7 Å². The summed E-state index contributed by atoms with van der Waals surface area (Å²) in [7, 11) is -3.58. The maximum atomic E-state index is 12.9. The number of fused-ring (bicyclic) bond motifs is 1. The van der Waals surface area contributed by atoms with Gasteiger partial charge in [0.05, 0.1) is 15.4 Å². The van der Waals surface area contributed by atoms with E-state index in [9.17, 15) is 13.2 Å². The molecule has 32 heavy (non-hydrogen) atoms. The molecule has 0 fully saturated rings. The Morgan fingerprint density at radius 2 is 1.59 bits per heavy atom. The van der Waals surface area contributed by atoms with Crippen molar-refractivity contribution in [3.63, 3.8) is 0 Å². The number of nitrogens with one attached hydrogen (secondary N) is 1. The van der Waals surface area contributed by atoms with Crippen molar-refractivity contribution in [2.75, 3.05) is 0 Å². The number of imidazole rings is 1. The second kappa shape index (κ2) is 9.36. The van der Waals surface area contributed by atoms with Gasteiger partial charge < -0.3 is 9.72 Å². The first-order chi connectivity index (χ1) is 15.5. The van der Waals surface area contributed by atoms with Gasteiger partial charge in [0, 0.05) is 25.1 Å². The van der Waals surface area contributed by atoms with Gasteiger partial charge in [-0.15, -0.1) is 0 Å². The van der Waals surface area contributed by atoms with Gasteiger partial charge in [0.2, 0.25) is 9.84 Å². The third-order valence-electron chi connectivity index (χ3n) is 5.39. The number of nitrogens with zero attached hydrogens (tertiary/aromatic N) is 2. The molecule has 1 N–H and O–H groups in total. The SMILES string of the molecule is CCCCc1ccc(S(=O)(=O)c2ccc(CNC(=O)c3ccc4nccn4c3)cc2)cc1. The van der Waals surface area contributed by atoms with Gasteiger partial charge in [-0.2, -0.15) is 0 Å². The lowest BCUT2D eigenvalue weighted by molar-refractivity contribution is 0.0950. The van der Waals surface area contributed by atoms with Crippen molar-refractivity contribution < 1.29 is 13.2 Å². The summed E-state index contributed by atoms with van der Waals surface area (Å²) in [5.41, 5.74) is 3.26. The average molecular weight is 448 g/mol. The van der Waals surface area contributed by atoms with Crippen molar-refractivity contribution >= 4 is 21.4 Å². The van der Waals surface area contributed by atoms with E-state index in [2.05, 4.69) is 17.2 Å². The van der Waals surface area contributed by atoms with Crippen LogP contribution in [0.15, 0.2) is 89.0 Å². The maximum Gasteiger partial charge on any atom is 0.253 e. The molecule has 2 aromatic carbocycles. The van der Waals surface area contributed by atoms with Crippen molar-refractivity contribution in [3.8, 4) is 0 Å². The number of amides is 1. The van der Waals surface area contributed by atoms with Crippen molar-refractivity contribution in [1.29, 1.82) is 0 Å². The number of benzene rings is 2. The van der Waals surface area contributed by atoms with Crippen LogP contribution in [0.25, 0.3) is 5.65 Å². The molecule has 0 bridgehead atoms. The average Bonchev–Trinajstić information content (AvgIpc) is 3.30. The van der Waals surface area contributed by atoms with E-state index in [1.54, 1.807) is 71.5 Å². The second-order valence-corrected chi connectivity index (χ2v) is 9.64. The lowest BCUT2D eigenvalue weighted by Gasteiger charge is -2.09. The zero-order valence-electron chi connectivity index (χ0n) is 17.9. The summed E-state index contributed by atoms with van der Waals surface area (Å²) in [6.45, 7) is 2.43. The molecule has 2 heterocycles. The predicted octanol–water partition coefficient (Wildman–Crippen LogP) is 4.44. The number of unbranched alkanes of at least 4 members (excludes halogenated alkanes) is 1. The quantitative estimate of drug-likeness (QED) is 0.433. The first-order valence-corrected chi connectivity index (χ1v) is 12.1. The van der Waals surface area contributed by atoms with E-state index in [0.29, 0.717) is 12.1 Å². The molecule has 4 rings (SSSR count). The van der Waals surface area contributed by atoms with Gasteiger partial charge in [-0.05, 0) is 60.4 Å². The minimum absolute atomic E-state index is 0.208. The number of hydrogen-bond donors (Lipinski definition) is 1. The summed E-state index contributed by atoms with van der Waals surface area (Å²) in [4.78, 5) is 17.1. The van der Waals surface area contributed by atoms with Crippen LogP contribution in [0.1, 0.15) is 41.3 Å². The number of carbonyl (C=O) groups is 1. The minimum Gasteiger partial charge on any atom is -0.348 e. The van der Waals surface area contributed by atoms with E-state index in [1.165, 1.54) is 0 Å². The number of sulfone groups is 1.